The summed E-state index contributed by atoms with van der Waals surface area (Å²) in [6.07, 6.45) is 3.23. The summed E-state index contributed by atoms with van der Waals surface area (Å²) in [5, 5.41) is 5.56. The van der Waals surface area contributed by atoms with Crippen molar-refractivity contribution in [3.63, 3.8) is 0 Å². The third kappa shape index (κ3) is 3.77. The molecular formula is C29H29N3O3. The fourth-order valence-corrected chi connectivity index (χ4v) is 5.63. The number of piperidine rings is 1. The fourth-order valence-electron chi connectivity index (χ4n) is 5.63. The largest absolute Gasteiger partial charge is 0.371 e. The van der Waals surface area contributed by atoms with Crippen LogP contribution in [0.5, 0.6) is 0 Å². The first-order valence-electron chi connectivity index (χ1n) is 12.6. The van der Waals surface area contributed by atoms with E-state index in [4.69, 9.17) is 0 Å². The van der Waals surface area contributed by atoms with Gasteiger partial charge in [0.15, 0.2) is 0 Å². The van der Waals surface area contributed by atoms with E-state index >= 15 is 0 Å². The molecule has 3 aliphatic rings. The van der Waals surface area contributed by atoms with E-state index in [0.717, 1.165) is 29.5 Å². The summed E-state index contributed by atoms with van der Waals surface area (Å²) in [5.41, 5.74) is 3.00. The van der Waals surface area contributed by atoms with Gasteiger partial charge in [-0.05, 0) is 61.1 Å². The van der Waals surface area contributed by atoms with Gasteiger partial charge in [0.25, 0.3) is 11.8 Å². The Morgan fingerprint density at radius 3 is 2.37 bits per heavy atom. The lowest BCUT2D eigenvalue weighted by molar-refractivity contribution is -0.126. The van der Waals surface area contributed by atoms with Crippen molar-refractivity contribution in [2.45, 2.75) is 44.7 Å². The summed E-state index contributed by atoms with van der Waals surface area (Å²) >= 11 is 0. The zero-order valence-corrected chi connectivity index (χ0v) is 19.9. The number of rotatable bonds is 5. The molecule has 2 heterocycles. The van der Waals surface area contributed by atoms with Crippen molar-refractivity contribution in [3.05, 3.63) is 77.4 Å². The monoisotopic (exact) mass is 467 g/mol. The lowest BCUT2D eigenvalue weighted by Gasteiger charge is -2.34. The van der Waals surface area contributed by atoms with Gasteiger partial charge in [-0.2, -0.15) is 0 Å². The highest BCUT2D eigenvalue weighted by atomic mass is 16.2. The predicted octanol–water partition coefficient (Wildman–Crippen LogP) is 4.69. The second kappa shape index (κ2) is 8.52. The average Bonchev–Trinajstić information content (AvgIpc) is 3.69. The molecule has 3 aromatic rings. The topological polar surface area (TPSA) is 69.7 Å². The Morgan fingerprint density at radius 1 is 0.886 bits per heavy atom. The van der Waals surface area contributed by atoms with Crippen molar-refractivity contribution in [1.29, 1.82) is 0 Å². The second-order valence-electron chi connectivity index (χ2n) is 9.97. The SMILES string of the molecule is CC(NC(=O)C1CCN(c2cccc3c2C(=O)N(C2CC2)C3=O)CC1)c1cccc2ccccc12. The van der Waals surface area contributed by atoms with Gasteiger partial charge < -0.3 is 10.2 Å². The van der Waals surface area contributed by atoms with Crippen molar-refractivity contribution in [1.82, 2.24) is 10.2 Å². The van der Waals surface area contributed by atoms with Gasteiger partial charge in [0.1, 0.15) is 0 Å². The molecule has 6 heteroatoms. The number of nitrogens with one attached hydrogen (secondary N) is 1. The zero-order valence-electron chi connectivity index (χ0n) is 19.9. The Balaban J connectivity index is 1.13. The van der Waals surface area contributed by atoms with Crippen LogP contribution in [0, 0.1) is 5.92 Å². The Hall–Kier alpha value is -3.67. The second-order valence-corrected chi connectivity index (χ2v) is 9.97. The maximum absolute atomic E-state index is 13.1. The highest BCUT2D eigenvalue weighted by molar-refractivity contribution is 6.24. The minimum Gasteiger partial charge on any atom is -0.371 e. The molecule has 1 atom stereocenters. The Kier molecular flexibility index (Phi) is 5.32. The number of hydrogen-bond acceptors (Lipinski definition) is 4. The van der Waals surface area contributed by atoms with Crippen molar-refractivity contribution >= 4 is 34.2 Å². The molecule has 2 fully saturated rings. The Labute approximate surface area is 204 Å². The standard InChI is InChI=1S/C29H29N3O3/c1-18(22-9-4-7-19-6-2-3-8-23(19)22)30-27(33)20-14-16-31(17-15-20)25-11-5-10-24-26(25)29(35)32(28(24)34)21-12-13-21/h2-11,18,20-21H,12-17H2,1H3,(H,30,33). The molecule has 1 unspecified atom stereocenters. The van der Waals surface area contributed by atoms with Crippen LogP contribution < -0.4 is 10.2 Å². The van der Waals surface area contributed by atoms with E-state index in [1.807, 2.05) is 37.3 Å². The van der Waals surface area contributed by atoms with Gasteiger partial charge in [0.2, 0.25) is 5.91 Å². The molecule has 6 nitrogen and oxygen atoms in total. The predicted molar refractivity (Wildman–Crippen MR) is 135 cm³/mol. The van der Waals surface area contributed by atoms with Crippen LogP contribution in [0.4, 0.5) is 5.69 Å². The van der Waals surface area contributed by atoms with Crippen LogP contribution >= 0.6 is 0 Å². The number of imide groups is 1. The minimum absolute atomic E-state index is 0.0633. The number of amides is 3. The van der Waals surface area contributed by atoms with Gasteiger partial charge in [-0.25, -0.2) is 0 Å². The number of hydrogen-bond donors (Lipinski definition) is 1. The normalized spacial score (nSPS) is 19.2. The number of anilines is 1. The van der Waals surface area contributed by atoms with E-state index in [9.17, 15) is 14.4 Å². The van der Waals surface area contributed by atoms with Crippen LogP contribution in [0.2, 0.25) is 0 Å². The maximum Gasteiger partial charge on any atom is 0.263 e. The van der Waals surface area contributed by atoms with Gasteiger partial charge in [0.05, 0.1) is 22.9 Å². The van der Waals surface area contributed by atoms with Crippen LogP contribution in [0.25, 0.3) is 10.8 Å². The first-order chi connectivity index (χ1) is 17.0. The van der Waals surface area contributed by atoms with Crippen molar-refractivity contribution in [2.75, 3.05) is 18.0 Å². The van der Waals surface area contributed by atoms with E-state index in [1.165, 1.54) is 10.3 Å². The molecule has 2 aliphatic heterocycles. The van der Waals surface area contributed by atoms with Gasteiger partial charge in [-0.1, -0.05) is 48.5 Å². The maximum atomic E-state index is 13.1. The number of carbonyl (C=O) groups excluding carboxylic acids is 3. The van der Waals surface area contributed by atoms with Crippen molar-refractivity contribution in [2.24, 2.45) is 5.92 Å². The molecule has 1 aliphatic carbocycles. The average molecular weight is 468 g/mol. The summed E-state index contributed by atoms with van der Waals surface area (Å²) in [6.45, 7) is 3.40. The summed E-state index contributed by atoms with van der Waals surface area (Å²) in [5.74, 6) is -0.312. The van der Waals surface area contributed by atoms with E-state index in [2.05, 4.69) is 34.5 Å². The molecule has 6 rings (SSSR count). The lowest BCUT2D eigenvalue weighted by atomic mass is 9.93. The molecule has 35 heavy (non-hydrogen) atoms. The van der Waals surface area contributed by atoms with E-state index in [-0.39, 0.29) is 35.7 Å². The molecule has 0 radical (unpaired) electrons. The first-order valence-corrected chi connectivity index (χ1v) is 12.6. The number of carbonyl (C=O) groups is 3. The molecule has 3 amide bonds. The molecule has 1 saturated carbocycles. The van der Waals surface area contributed by atoms with E-state index in [0.29, 0.717) is 37.1 Å². The van der Waals surface area contributed by atoms with E-state index < -0.39 is 0 Å². The van der Waals surface area contributed by atoms with Gasteiger partial charge in [-0.3, -0.25) is 19.3 Å². The van der Waals surface area contributed by atoms with Crippen LogP contribution in [0.1, 0.15) is 64.9 Å². The van der Waals surface area contributed by atoms with E-state index in [1.54, 1.807) is 6.07 Å². The molecule has 0 bridgehead atoms. The van der Waals surface area contributed by atoms with Crippen LogP contribution in [-0.2, 0) is 4.79 Å². The zero-order chi connectivity index (χ0) is 24.1. The molecule has 1 saturated heterocycles. The Bertz CT molecular complexity index is 1330. The number of fused-ring (bicyclic) bond motifs is 2. The quantitative estimate of drug-likeness (QED) is 0.553. The summed E-state index contributed by atoms with van der Waals surface area (Å²) in [6, 6.07) is 20.0. The summed E-state index contributed by atoms with van der Waals surface area (Å²) in [4.78, 5) is 42.6. The number of benzene rings is 3. The molecule has 1 N–H and O–H groups in total. The van der Waals surface area contributed by atoms with Crippen LogP contribution in [0.15, 0.2) is 60.7 Å². The summed E-state index contributed by atoms with van der Waals surface area (Å²) < 4.78 is 0. The fraction of sp³-hybridized carbons (Fsp3) is 0.345. The molecular weight excluding hydrogens is 438 g/mol. The first kappa shape index (κ1) is 21.8. The Morgan fingerprint density at radius 2 is 1.60 bits per heavy atom. The van der Waals surface area contributed by atoms with Crippen LogP contribution in [-0.4, -0.2) is 41.8 Å². The number of nitrogens with zero attached hydrogens (tertiary/aromatic N) is 2. The van der Waals surface area contributed by atoms with Crippen molar-refractivity contribution in [3.8, 4) is 0 Å². The highest BCUT2D eigenvalue weighted by Gasteiger charge is 2.46. The highest BCUT2D eigenvalue weighted by Crippen LogP contribution is 2.39. The lowest BCUT2D eigenvalue weighted by Crippen LogP contribution is -2.41. The molecule has 0 spiro atoms. The third-order valence-electron chi connectivity index (χ3n) is 7.69. The van der Waals surface area contributed by atoms with Gasteiger partial charge in [-0.15, -0.1) is 0 Å². The van der Waals surface area contributed by atoms with Gasteiger partial charge >= 0.3 is 0 Å². The molecule has 178 valence electrons. The minimum atomic E-state index is -0.161. The molecule has 3 aromatic carbocycles. The van der Waals surface area contributed by atoms with Crippen LogP contribution in [0.3, 0.4) is 0 Å². The van der Waals surface area contributed by atoms with Crippen molar-refractivity contribution < 1.29 is 14.4 Å². The smallest absolute Gasteiger partial charge is 0.263 e. The third-order valence-corrected chi connectivity index (χ3v) is 7.69. The summed E-state index contributed by atoms with van der Waals surface area (Å²) in [7, 11) is 0. The molecule has 0 aromatic heterocycles. The van der Waals surface area contributed by atoms with Gasteiger partial charge in [0, 0.05) is 25.0 Å².